The van der Waals surface area contributed by atoms with Crippen molar-refractivity contribution in [2.24, 2.45) is 5.73 Å². The van der Waals surface area contributed by atoms with Gasteiger partial charge in [0.25, 0.3) is 17.7 Å². The Hall–Kier alpha value is -3.56. The summed E-state index contributed by atoms with van der Waals surface area (Å²) in [4.78, 5) is 42.3. The molecule has 8 nitrogen and oxygen atoms in total. The van der Waals surface area contributed by atoms with Crippen LogP contribution in [0.5, 0.6) is 0 Å². The van der Waals surface area contributed by atoms with Gasteiger partial charge >= 0.3 is 0 Å². The average Bonchev–Trinajstić information content (AvgIpc) is 3.06. The lowest BCUT2D eigenvalue weighted by Gasteiger charge is -2.22. The molecule has 3 aromatic rings. The molecule has 1 aliphatic rings. The third-order valence-corrected chi connectivity index (χ3v) is 5.50. The third-order valence-electron chi connectivity index (χ3n) is 5.28. The average molecular weight is 457 g/mol. The lowest BCUT2D eigenvalue weighted by Crippen LogP contribution is -2.52. The molecule has 164 valence electrons. The second-order valence-corrected chi connectivity index (χ2v) is 7.90. The molecule has 1 aliphatic heterocycles. The number of nitrogens with one attached hydrogen (secondary N) is 1. The van der Waals surface area contributed by atoms with Crippen LogP contribution >= 0.6 is 11.6 Å². The highest BCUT2D eigenvalue weighted by Crippen LogP contribution is 2.30. The molecule has 2 aromatic carbocycles. The predicted molar refractivity (Wildman–Crippen MR) is 115 cm³/mol. The van der Waals surface area contributed by atoms with Gasteiger partial charge in [0.05, 0.1) is 5.52 Å². The molecule has 0 radical (unpaired) electrons. The second kappa shape index (κ2) is 8.18. The lowest BCUT2D eigenvalue weighted by atomic mass is 10.0. The van der Waals surface area contributed by atoms with Crippen molar-refractivity contribution in [1.29, 1.82) is 0 Å². The number of fused-ring (bicyclic) bond motifs is 1. The van der Waals surface area contributed by atoms with Crippen molar-refractivity contribution in [2.45, 2.75) is 18.6 Å². The zero-order chi connectivity index (χ0) is 23.0. The fourth-order valence-corrected chi connectivity index (χ4v) is 3.87. The zero-order valence-corrected chi connectivity index (χ0v) is 17.4. The zero-order valence-electron chi connectivity index (χ0n) is 16.6. The molecule has 1 aromatic heterocycles. The van der Waals surface area contributed by atoms with Crippen molar-refractivity contribution < 1.29 is 23.9 Å². The van der Waals surface area contributed by atoms with Crippen LogP contribution in [0.2, 0.25) is 5.02 Å². The van der Waals surface area contributed by atoms with Gasteiger partial charge in [-0.15, -0.1) is 0 Å². The van der Waals surface area contributed by atoms with Gasteiger partial charge in [0.1, 0.15) is 11.5 Å². The van der Waals surface area contributed by atoms with E-state index in [0.717, 1.165) is 6.07 Å². The summed E-state index contributed by atoms with van der Waals surface area (Å²) >= 11 is 5.81. The van der Waals surface area contributed by atoms with Gasteiger partial charge in [0.2, 0.25) is 5.60 Å². The van der Waals surface area contributed by atoms with Crippen molar-refractivity contribution in [2.75, 3.05) is 11.4 Å². The predicted octanol–water partition coefficient (Wildman–Crippen LogP) is 1.91. The molecule has 0 spiro atoms. The Morgan fingerprint density at radius 2 is 2.00 bits per heavy atom. The molecular formula is C22H18ClFN4O4. The van der Waals surface area contributed by atoms with E-state index in [2.05, 4.69) is 10.3 Å². The molecule has 0 saturated carbocycles. The first-order chi connectivity index (χ1) is 15.2. The SMILES string of the molecule is NC(=O)c1ccc2cc(N3CCC(O)(C(=O)NCc4cc(F)cc(Cl)c4)C3=O)ccc2n1. The monoisotopic (exact) mass is 456 g/mol. The number of amides is 3. The summed E-state index contributed by atoms with van der Waals surface area (Å²) in [6, 6.07) is 11.8. The number of carbonyl (C=O) groups is 3. The van der Waals surface area contributed by atoms with Crippen molar-refractivity contribution in [3.8, 4) is 0 Å². The first-order valence-electron chi connectivity index (χ1n) is 9.65. The highest BCUT2D eigenvalue weighted by Gasteiger charge is 2.51. The molecule has 0 aliphatic carbocycles. The Morgan fingerprint density at radius 1 is 1.22 bits per heavy atom. The first-order valence-corrected chi connectivity index (χ1v) is 10.0. The third kappa shape index (κ3) is 4.00. The molecule has 4 rings (SSSR count). The van der Waals surface area contributed by atoms with Crippen LogP contribution in [-0.4, -0.2) is 40.0 Å². The minimum absolute atomic E-state index is 0.101. The van der Waals surface area contributed by atoms with Crippen molar-refractivity contribution in [3.63, 3.8) is 0 Å². The molecule has 2 heterocycles. The quantitative estimate of drug-likeness (QED) is 0.506. The smallest absolute Gasteiger partial charge is 0.268 e. The number of aromatic nitrogens is 1. The van der Waals surface area contributed by atoms with E-state index in [1.807, 2.05) is 0 Å². The van der Waals surface area contributed by atoms with Gasteiger partial charge in [-0.1, -0.05) is 17.7 Å². The summed E-state index contributed by atoms with van der Waals surface area (Å²) in [5, 5.41) is 14.1. The fraction of sp³-hybridized carbons (Fsp3) is 0.182. The number of carbonyl (C=O) groups excluding carboxylic acids is 3. The Bertz CT molecular complexity index is 1250. The number of hydrogen-bond donors (Lipinski definition) is 3. The van der Waals surface area contributed by atoms with Crippen molar-refractivity contribution >= 4 is 45.9 Å². The van der Waals surface area contributed by atoms with Gasteiger partial charge in [-0.3, -0.25) is 14.4 Å². The normalized spacial score (nSPS) is 18.2. The maximum absolute atomic E-state index is 13.5. The number of anilines is 1. The molecule has 1 atom stereocenters. The van der Waals surface area contributed by atoms with E-state index >= 15 is 0 Å². The van der Waals surface area contributed by atoms with Gasteiger partial charge in [0.15, 0.2) is 0 Å². The number of hydrogen-bond acceptors (Lipinski definition) is 5. The minimum Gasteiger partial charge on any atom is -0.372 e. The maximum atomic E-state index is 13.5. The van der Waals surface area contributed by atoms with Gasteiger partial charge < -0.3 is 21.1 Å². The summed E-state index contributed by atoms with van der Waals surface area (Å²) in [7, 11) is 0. The van der Waals surface area contributed by atoms with Crippen LogP contribution in [-0.2, 0) is 16.1 Å². The highest BCUT2D eigenvalue weighted by atomic mass is 35.5. The summed E-state index contributed by atoms with van der Waals surface area (Å²) in [5.41, 5.74) is 4.49. The molecule has 4 N–H and O–H groups in total. The number of benzene rings is 2. The van der Waals surface area contributed by atoms with Crippen LogP contribution in [0.3, 0.4) is 0 Å². The van der Waals surface area contributed by atoms with Crippen LogP contribution in [0.1, 0.15) is 22.5 Å². The van der Waals surface area contributed by atoms with Gasteiger partial charge in [-0.05, 0) is 48.0 Å². The maximum Gasteiger partial charge on any atom is 0.268 e. The van der Waals surface area contributed by atoms with E-state index < -0.39 is 29.1 Å². The van der Waals surface area contributed by atoms with Gasteiger partial charge in [-0.2, -0.15) is 0 Å². The van der Waals surface area contributed by atoms with Crippen LogP contribution in [0.4, 0.5) is 10.1 Å². The largest absolute Gasteiger partial charge is 0.372 e. The Balaban J connectivity index is 1.51. The molecule has 1 fully saturated rings. The molecule has 0 bridgehead atoms. The Labute approximate surface area is 186 Å². The van der Waals surface area contributed by atoms with E-state index in [1.165, 1.54) is 23.1 Å². The fourth-order valence-electron chi connectivity index (χ4n) is 3.62. The highest BCUT2D eigenvalue weighted by molar-refractivity contribution is 6.30. The number of primary amides is 1. The van der Waals surface area contributed by atoms with Crippen molar-refractivity contribution in [3.05, 3.63) is 70.6 Å². The van der Waals surface area contributed by atoms with Crippen LogP contribution in [0.25, 0.3) is 10.9 Å². The topological polar surface area (TPSA) is 126 Å². The summed E-state index contributed by atoms with van der Waals surface area (Å²) in [6.45, 7) is 0.0165. The summed E-state index contributed by atoms with van der Waals surface area (Å²) in [6.07, 6.45) is -0.113. The second-order valence-electron chi connectivity index (χ2n) is 7.47. The van der Waals surface area contributed by atoms with Gasteiger partial charge in [-0.25, -0.2) is 9.37 Å². The number of nitrogens with two attached hydrogens (primary N) is 1. The van der Waals surface area contributed by atoms with Crippen LogP contribution in [0, 0.1) is 5.82 Å². The van der Waals surface area contributed by atoms with E-state index in [-0.39, 0.29) is 30.2 Å². The van der Waals surface area contributed by atoms with E-state index in [4.69, 9.17) is 17.3 Å². The molecule has 32 heavy (non-hydrogen) atoms. The number of pyridine rings is 1. The molecule has 1 unspecified atom stereocenters. The minimum atomic E-state index is -2.25. The standard InChI is InChI=1S/C22H18ClFN4O4/c23-14-7-12(8-15(24)10-14)11-26-20(30)22(32)5-6-28(21(22)31)16-2-4-17-13(9-16)1-3-18(27-17)19(25)29/h1-4,7-10,32H,5-6,11H2,(H2,25,29)(H,26,30). The number of halogens is 2. The van der Waals surface area contributed by atoms with Gasteiger partial charge in [0, 0.05) is 35.6 Å². The van der Waals surface area contributed by atoms with E-state index in [1.54, 1.807) is 24.3 Å². The van der Waals surface area contributed by atoms with Crippen molar-refractivity contribution in [1.82, 2.24) is 10.3 Å². The summed E-state index contributed by atoms with van der Waals surface area (Å²) < 4.78 is 13.5. The van der Waals surface area contributed by atoms with Crippen LogP contribution in [0.15, 0.2) is 48.5 Å². The lowest BCUT2D eigenvalue weighted by molar-refractivity contribution is -0.149. The Morgan fingerprint density at radius 3 is 2.72 bits per heavy atom. The van der Waals surface area contributed by atoms with Crippen LogP contribution < -0.4 is 16.0 Å². The number of rotatable bonds is 5. The molecule has 3 amide bonds. The molecular weight excluding hydrogens is 439 g/mol. The number of aliphatic hydroxyl groups is 1. The molecule has 1 saturated heterocycles. The van der Waals surface area contributed by atoms with E-state index in [0.29, 0.717) is 22.2 Å². The van der Waals surface area contributed by atoms with E-state index in [9.17, 15) is 23.9 Å². The Kier molecular flexibility index (Phi) is 5.53. The summed E-state index contributed by atoms with van der Waals surface area (Å²) in [5.74, 6) is -2.85. The number of nitrogens with zero attached hydrogens (tertiary/aromatic N) is 2. The molecule has 10 heteroatoms. The first kappa shape index (κ1) is 21.7.